The van der Waals surface area contributed by atoms with Gasteiger partial charge in [0.2, 0.25) is 0 Å². The van der Waals surface area contributed by atoms with Gasteiger partial charge in [-0.2, -0.15) is 0 Å². The van der Waals surface area contributed by atoms with Gasteiger partial charge in [0.25, 0.3) is 0 Å². The van der Waals surface area contributed by atoms with Crippen LogP contribution in [0, 0.1) is 5.41 Å². The van der Waals surface area contributed by atoms with Crippen LogP contribution in [0.3, 0.4) is 0 Å². The highest BCUT2D eigenvalue weighted by molar-refractivity contribution is 5.86. The van der Waals surface area contributed by atoms with Crippen LogP contribution in [0.4, 0.5) is 0 Å². The van der Waals surface area contributed by atoms with Gasteiger partial charge in [-0.05, 0) is 31.1 Å². The highest BCUT2D eigenvalue weighted by atomic mass is 16.4. The summed E-state index contributed by atoms with van der Waals surface area (Å²) in [5.74, 6) is -0.793. The lowest BCUT2D eigenvalue weighted by atomic mass is 10.0. The minimum absolute atomic E-state index is 0.507. The van der Waals surface area contributed by atoms with E-state index in [0.29, 0.717) is 24.0 Å². The van der Waals surface area contributed by atoms with Crippen molar-refractivity contribution in [1.29, 1.82) is 0 Å². The number of carboxylic acid groups (broad SMARTS) is 1. The maximum Gasteiger partial charge on any atom is 0.331 e. The van der Waals surface area contributed by atoms with E-state index in [1.165, 1.54) is 25.7 Å². The Morgan fingerprint density at radius 1 is 1.44 bits per heavy atom. The number of carboxylic acids is 1. The summed E-state index contributed by atoms with van der Waals surface area (Å²) in [6.07, 6.45) is 7.59. The Hall–Kier alpha value is -0.830. The summed E-state index contributed by atoms with van der Waals surface area (Å²) >= 11 is 0. The lowest BCUT2D eigenvalue weighted by Crippen LogP contribution is -2.24. The molecule has 0 atom stereocenters. The van der Waals surface area contributed by atoms with Crippen molar-refractivity contribution < 1.29 is 9.90 Å². The van der Waals surface area contributed by atoms with E-state index in [9.17, 15) is 4.79 Å². The van der Waals surface area contributed by atoms with E-state index in [1.54, 1.807) is 6.08 Å². The lowest BCUT2D eigenvalue weighted by Gasteiger charge is -2.13. The third kappa shape index (κ3) is 3.97. The monoisotopic (exact) mass is 225 g/mol. The molecule has 1 aliphatic rings. The van der Waals surface area contributed by atoms with Crippen LogP contribution >= 0.6 is 0 Å². The first kappa shape index (κ1) is 13.2. The molecular weight excluding hydrogens is 202 g/mol. The van der Waals surface area contributed by atoms with E-state index >= 15 is 0 Å². The van der Waals surface area contributed by atoms with Crippen molar-refractivity contribution in [2.45, 2.75) is 46.0 Å². The lowest BCUT2D eigenvalue weighted by molar-refractivity contribution is -0.132. The molecule has 1 saturated carbocycles. The molecule has 3 nitrogen and oxygen atoms in total. The SMILES string of the molecule is CCCC1(CNC/C=C(/CC)C(=O)O)CC1. The van der Waals surface area contributed by atoms with Crippen molar-refractivity contribution in [3.05, 3.63) is 11.6 Å². The van der Waals surface area contributed by atoms with E-state index < -0.39 is 5.97 Å². The topological polar surface area (TPSA) is 49.3 Å². The molecule has 0 aliphatic heterocycles. The Morgan fingerprint density at radius 2 is 2.12 bits per heavy atom. The van der Waals surface area contributed by atoms with Crippen LogP contribution in [0.1, 0.15) is 46.0 Å². The molecule has 1 fully saturated rings. The second-order valence-electron chi connectivity index (χ2n) is 4.77. The maximum absolute atomic E-state index is 10.7. The van der Waals surface area contributed by atoms with Gasteiger partial charge in [0.1, 0.15) is 0 Å². The van der Waals surface area contributed by atoms with Gasteiger partial charge < -0.3 is 10.4 Å². The average molecular weight is 225 g/mol. The fraction of sp³-hybridized carbons (Fsp3) is 0.769. The molecule has 0 saturated heterocycles. The Bertz CT molecular complexity index is 267. The number of carbonyl (C=O) groups is 1. The largest absolute Gasteiger partial charge is 0.478 e. The Balaban J connectivity index is 2.23. The summed E-state index contributed by atoms with van der Waals surface area (Å²) in [7, 11) is 0. The molecule has 0 aromatic carbocycles. The molecule has 0 spiro atoms. The normalized spacial score (nSPS) is 18.5. The number of rotatable bonds is 8. The van der Waals surface area contributed by atoms with Gasteiger partial charge in [-0.3, -0.25) is 0 Å². The smallest absolute Gasteiger partial charge is 0.331 e. The Kier molecular flexibility index (Phi) is 5.00. The molecule has 3 heteroatoms. The van der Waals surface area contributed by atoms with Gasteiger partial charge in [0.15, 0.2) is 0 Å². The molecule has 0 heterocycles. The van der Waals surface area contributed by atoms with Gasteiger partial charge in [0, 0.05) is 18.7 Å². The third-order valence-electron chi connectivity index (χ3n) is 3.39. The van der Waals surface area contributed by atoms with E-state index in [0.717, 1.165) is 6.54 Å². The number of hydrogen-bond acceptors (Lipinski definition) is 2. The predicted octanol–water partition coefficient (Wildman–Crippen LogP) is 2.58. The molecule has 16 heavy (non-hydrogen) atoms. The fourth-order valence-corrected chi connectivity index (χ4v) is 2.14. The number of hydrogen-bond donors (Lipinski definition) is 2. The summed E-state index contributed by atoms with van der Waals surface area (Å²) in [6.45, 7) is 5.81. The van der Waals surface area contributed by atoms with Crippen LogP contribution in [0.5, 0.6) is 0 Å². The molecule has 1 rings (SSSR count). The van der Waals surface area contributed by atoms with Gasteiger partial charge in [-0.25, -0.2) is 4.79 Å². The van der Waals surface area contributed by atoms with Crippen molar-refractivity contribution in [3.63, 3.8) is 0 Å². The molecule has 2 N–H and O–H groups in total. The van der Waals surface area contributed by atoms with E-state index in [-0.39, 0.29) is 0 Å². The average Bonchev–Trinajstić information content (AvgIpc) is 2.98. The zero-order chi connectivity index (χ0) is 12.0. The second-order valence-corrected chi connectivity index (χ2v) is 4.77. The van der Waals surface area contributed by atoms with Crippen LogP contribution in [-0.4, -0.2) is 24.2 Å². The van der Waals surface area contributed by atoms with Crippen LogP contribution in [-0.2, 0) is 4.79 Å². The molecule has 0 unspecified atom stereocenters. The van der Waals surface area contributed by atoms with Crippen molar-refractivity contribution in [2.24, 2.45) is 5.41 Å². The number of aliphatic carboxylic acids is 1. The first-order valence-corrected chi connectivity index (χ1v) is 6.26. The molecule has 0 amide bonds. The van der Waals surface area contributed by atoms with Crippen LogP contribution in [0.15, 0.2) is 11.6 Å². The van der Waals surface area contributed by atoms with Gasteiger partial charge in [-0.1, -0.05) is 26.3 Å². The summed E-state index contributed by atoms with van der Waals surface area (Å²) in [6, 6.07) is 0. The van der Waals surface area contributed by atoms with Crippen molar-refractivity contribution in [1.82, 2.24) is 5.32 Å². The molecule has 0 aromatic rings. The molecule has 0 radical (unpaired) electrons. The van der Waals surface area contributed by atoms with E-state index in [1.807, 2.05) is 6.92 Å². The Morgan fingerprint density at radius 3 is 2.56 bits per heavy atom. The molecule has 0 aromatic heterocycles. The Labute approximate surface area is 97.9 Å². The van der Waals surface area contributed by atoms with Crippen LogP contribution in [0.25, 0.3) is 0 Å². The van der Waals surface area contributed by atoms with E-state index in [4.69, 9.17) is 5.11 Å². The summed E-state index contributed by atoms with van der Waals surface area (Å²) in [5, 5.41) is 12.2. The van der Waals surface area contributed by atoms with Gasteiger partial charge in [-0.15, -0.1) is 0 Å². The minimum atomic E-state index is -0.793. The zero-order valence-corrected chi connectivity index (χ0v) is 10.4. The van der Waals surface area contributed by atoms with Crippen molar-refractivity contribution >= 4 is 5.97 Å². The fourth-order valence-electron chi connectivity index (χ4n) is 2.14. The zero-order valence-electron chi connectivity index (χ0n) is 10.4. The summed E-state index contributed by atoms with van der Waals surface area (Å²) < 4.78 is 0. The highest BCUT2D eigenvalue weighted by Crippen LogP contribution is 2.48. The molecular formula is C13H23NO2. The number of nitrogens with one attached hydrogen (secondary N) is 1. The minimum Gasteiger partial charge on any atom is -0.478 e. The van der Waals surface area contributed by atoms with Crippen molar-refractivity contribution in [3.8, 4) is 0 Å². The standard InChI is InChI=1S/C13H23NO2/c1-3-6-13(7-8-13)10-14-9-5-11(4-2)12(15)16/h5,14H,3-4,6-10H2,1-2H3,(H,15,16)/b11-5-. The summed E-state index contributed by atoms with van der Waals surface area (Å²) in [4.78, 5) is 10.7. The maximum atomic E-state index is 10.7. The predicted molar refractivity (Wildman–Crippen MR) is 65.5 cm³/mol. The van der Waals surface area contributed by atoms with Crippen molar-refractivity contribution in [2.75, 3.05) is 13.1 Å². The molecule has 1 aliphatic carbocycles. The first-order valence-electron chi connectivity index (χ1n) is 6.26. The van der Waals surface area contributed by atoms with E-state index in [2.05, 4.69) is 12.2 Å². The van der Waals surface area contributed by atoms with Gasteiger partial charge in [0.05, 0.1) is 0 Å². The van der Waals surface area contributed by atoms with Crippen LogP contribution in [0.2, 0.25) is 0 Å². The third-order valence-corrected chi connectivity index (χ3v) is 3.39. The highest BCUT2D eigenvalue weighted by Gasteiger charge is 2.40. The van der Waals surface area contributed by atoms with Crippen LogP contribution < -0.4 is 5.32 Å². The second kappa shape index (κ2) is 6.04. The summed E-state index contributed by atoms with van der Waals surface area (Å²) in [5.41, 5.74) is 1.05. The molecule has 92 valence electrons. The quantitative estimate of drug-likeness (QED) is 0.493. The van der Waals surface area contributed by atoms with Gasteiger partial charge >= 0.3 is 5.97 Å². The first-order chi connectivity index (χ1) is 7.63. The molecule has 0 bridgehead atoms.